The van der Waals surface area contributed by atoms with E-state index in [0.717, 1.165) is 15.7 Å². The predicted octanol–water partition coefficient (Wildman–Crippen LogP) is 1.52. The third-order valence-corrected chi connectivity index (χ3v) is 3.11. The molecular weight excluding hydrogens is 300 g/mol. The predicted molar refractivity (Wildman–Crippen MR) is 72.5 cm³/mol. The van der Waals surface area contributed by atoms with Gasteiger partial charge in [0.2, 0.25) is 5.91 Å². The molecule has 1 aromatic carbocycles. The molecule has 3 N–H and O–H groups in total. The van der Waals surface area contributed by atoms with Gasteiger partial charge >= 0.3 is 5.97 Å². The fraction of sp³-hybridized carbons (Fsp3) is 0.333. The lowest BCUT2D eigenvalue weighted by atomic mass is 10.1. The first-order chi connectivity index (χ1) is 8.32. The minimum atomic E-state index is -1.18. The lowest BCUT2D eigenvalue weighted by Gasteiger charge is -2.20. The Morgan fingerprint density at radius 1 is 1.50 bits per heavy atom. The minimum absolute atomic E-state index is 0.224. The monoisotopic (exact) mass is 314 g/mol. The van der Waals surface area contributed by atoms with Crippen LogP contribution in [0.2, 0.25) is 0 Å². The molecule has 0 aliphatic heterocycles. The van der Waals surface area contributed by atoms with Gasteiger partial charge in [0.1, 0.15) is 6.04 Å². The number of carbonyl (C=O) groups excluding carboxylic acids is 1. The van der Waals surface area contributed by atoms with E-state index in [9.17, 15) is 9.59 Å². The van der Waals surface area contributed by atoms with Crippen LogP contribution in [0, 0.1) is 6.92 Å². The average Bonchev–Trinajstić information content (AvgIpc) is 2.31. The zero-order valence-corrected chi connectivity index (χ0v) is 11.8. The highest BCUT2D eigenvalue weighted by molar-refractivity contribution is 9.10. The van der Waals surface area contributed by atoms with Gasteiger partial charge in [-0.3, -0.25) is 9.59 Å². The van der Waals surface area contributed by atoms with E-state index in [0.29, 0.717) is 0 Å². The topological polar surface area (TPSA) is 83.6 Å². The number of hydrogen-bond acceptors (Lipinski definition) is 3. The van der Waals surface area contributed by atoms with Crippen molar-refractivity contribution in [2.24, 2.45) is 5.73 Å². The van der Waals surface area contributed by atoms with Crippen LogP contribution in [-0.2, 0) is 9.59 Å². The highest BCUT2D eigenvalue weighted by atomic mass is 79.9. The van der Waals surface area contributed by atoms with Crippen LogP contribution in [-0.4, -0.2) is 30.1 Å². The maximum Gasteiger partial charge on any atom is 0.321 e. The molecule has 0 bridgehead atoms. The van der Waals surface area contributed by atoms with Crippen LogP contribution in [0.5, 0.6) is 0 Å². The summed E-state index contributed by atoms with van der Waals surface area (Å²) in [4.78, 5) is 23.9. The number of nitrogens with two attached hydrogens (primary N) is 1. The smallest absolute Gasteiger partial charge is 0.321 e. The van der Waals surface area contributed by atoms with Crippen LogP contribution >= 0.6 is 15.9 Å². The van der Waals surface area contributed by atoms with Gasteiger partial charge in [-0.15, -0.1) is 0 Å². The summed E-state index contributed by atoms with van der Waals surface area (Å²) in [6, 6.07) is 4.38. The molecule has 0 spiro atoms. The molecule has 1 rings (SSSR count). The summed E-state index contributed by atoms with van der Waals surface area (Å²) in [7, 11) is 1.60. The maximum absolute atomic E-state index is 11.9. The molecule has 0 heterocycles. The Hall–Kier alpha value is -1.40. The molecule has 6 heteroatoms. The molecule has 1 unspecified atom stereocenters. The van der Waals surface area contributed by atoms with Gasteiger partial charge in [0, 0.05) is 17.2 Å². The van der Waals surface area contributed by atoms with E-state index in [1.165, 1.54) is 4.90 Å². The fourth-order valence-corrected chi connectivity index (χ4v) is 1.84. The molecule has 5 nitrogen and oxygen atoms in total. The highest BCUT2D eigenvalue weighted by Gasteiger charge is 2.20. The summed E-state index contributed by atoms with van der Waals surface area (Å²) in [6.45, 7) is 1.88. The molecule has 1 atom stereocenters. The van der Waals surface area contributed by atoms with Crippen molar-refractivity contribution in [1.29, 1.82) is 0 Å². The molecule has 98 valence electrons. The standard InChI is InChI=1S/C12H15BrN2O3/c1-7-3-4-8(13)5-10(7)15(2)11(16)6-9(14)12(17)18/h3-5,9H,6,14H2,1-2H3,(H,17,18). The number of amides is 1. The maximum atomic E-state index is 11.9. The minimum Gasteiger partial charge on any atom is -0.480 e. The summed E-state index contributed by atoms with van der Waals surface area (Å²) in [5, 5.41) is 8.68. The number of halogens is 1. The first kappa shape index (κ1) is 14.7. The first-order valence-electron chi connectivity index (χ1n) is 5.34. The molecule has 0 aromatic heterocycles. The Labute approximate surface area is 114 Å². The van der Waals surface area contributed by atoms with E-state index in [-0.39, 0.29) is 12.3 Å². The van der Waals surface area contributed by atoms with Crippen LogP contribution in [0.3, 0.4) is 0 Å². The molecule has 0 fully saturated rings. The molecular formula is C12H15BrN2O3. The highest BCUT2D eigenvalue weighted by Crippen LogP contribution is 2.24. The van der Waals surface area contributed by atoms with Gasteiger partial charge in [-0.05, 0) is 24.6 Å². The number of hydrogen-bond donors (Lipinski definition) is 2. The van der Waals surface area contributed by atoms with Gasteiger partial charge in [-0.2, -0.15) is 0 Å². The number of aryl methyl sites for hydroxylation is 1. The van der Waals surface area contributed by atoms with Crippen LogP contribution < -0.4 is 10.6 Å². The molecule has 0 aliphatic rings. The van der Waals surface area contributed by atoms with E-state index in [4.69, 9.17) is 10.8 Å². The van der Waals surface area contributed by atoms with Crippen molar-refractivity contribution < 1.29 is 14.7 Å². The summed E-state index contributed by atoms with van der Waals surface area (Å²) in [5.41, 5.74) is 7.00. The summed E-state index contributed by atoms with van der Waals surface area (Å²) in [6.07, 6.45) is -0.224. The average molecular weight is 315 g/mol. The van der Waals surface area contributed by atoms with Crippen molar-refractivity contribution in [2.75, 3.05) is 11.9 Å². The number of rotatable bonds is 4. The second-order valence-corrected chi connectivity index (χ2v) is 4.95. The Bertz CT molecular complexity index is 476. The molecule has 18 heavy (non-hydrogen) atoms. The zero-order chi connectivity index (χ0) is 13.9. The van der Waals surface area contributed by atoms with E-state index < -0.39 is 12.0 Å². The van der Waals surface area contributed by atoms with Crippen LogP contribution in [0.4, 0.5) is 5.69 Å². The number of benzene rings is 1. The summed E-state index contributed by atoms with van der Waals surface area (Å²) < 4.78 is 0.852. The normalized spacial score (nSPS) is 12.0. The van der Waals surface area contributed by atoms with Crippen molar-refractivity contribution >= 4 is 33.5 Å². The Kier molecular flexibility index (Phi) is 4.86. The number of anilines is 1. The first-order valence-corrected chi connectivity index (χ1v) is 6.13. The van der Waals surface area contributed by atoms with Crippen molar-refractivity contribution in [3.63, 3.8) is 0 Å². The zero-order valence-electron chi connectivity index (χ0n) is 10.2. The third-order valence-electron chi connectivity index (χ3n) is 2.62. The van der Waals surface area contributed by atoms with Crippen LogP contribution in [0.15, 0.2) is 22.7 Å². The molecule has 0 aliphatic carbocycles. The third kappa shape index (κ3) is 3.54. The Morgan fingerprint density at radius 3 is 2.67 bits per heavy atom. The molecule has 0 saturated heterocycles. The number of nitrogens with zero attached hydrogens (tertiary/aromatic N) is 1. The van der Waals surface area contributed by atoms with Crippen molar-refractivity contribution in [1.82, 2.24) is 0 Å². The second-order valence-electron chi connectivity index (χ2n) is 4.03. The van der Waals surface area contributed by atoms with Gasteiger partial charge in [0.25, 0.3) is 0 Å². The lowest BCUT2D eigenvalue weighted by Crippen LogP contribution is -2.38. The van der Waals surface area contributed by atoms with Gasteiger partial charge in [-0.25, -0.2) is 0 Å². The van der Waals surface area contributed by atoms with Crippen molar-refractivity contribution in [3.8, 4) is 0 Å². The number of carboxylic acid groups (broad SMARTS) is 1. The number of aliphatic carboxylic acids is 1. The Morgan fingerprint density at radius 2 is 2.11 bits per heavy atom. The van der Waals surface area contributed by atoms with E-state index in [1.54, 1.807) is 13.1 Å². The molecule has 0 radical (unpaired) electrons. The van der Waals surface area contributed by atoms with E-state index >= 15 is 0 Å². The second kappa shape index (κ2) is 5.97. The largest absolute Gasteiger partial charge is 0.480 e. The quantitative estimate of drug-likeness (QED) is 0.882. The Balaban J connectivity index is 2.86. The molecule has 1 amide bonds. The summed E-state index contributed by atoms with van der Waals surface area (Å²) in [5.74, 6) is -1.51. The van der Waals surface area contributed by atoms with Crippen molar-refractivity contribution in [2.45, 2.75) is 19.4 Å². The van der Waals surface area contributed by atoms with Gasteiger partial charge in [0.15, 0.2) is 0 Å². The number of carbonyl (C=O) groups is 2. The molecule has 0 saturated carbocycles. The van der Waals surface area contributed by atoms with E-state index in [1.807, 2.05) is 19.1 Å². The van der Waals surface area contributed by atoms with Crippen LogP contribution in [0.25, 0.3) is 0 Å². The van der Waals surface area contributed by atoms with Crippen molar-refractivity contribution in [3.05, 3.63) is 28.2 Å². The van der Waals surface area contributed by atoms with Gasteiger partial charge < -0.3 is 15.7 Å². The van der Waals surface area contributed by atoms with Crippen LogP contribution in [0.1, 0.15) is 12.0 Å². The SMILES string of the molecule is Cc1ccc(Br)cc1N(C)C(=O)CC(N)C(=O)O. The van der Waals surface area contributed by atoms with Gasteiger partial charge in [0.05, 0.1) is 6.42 Å². The number of carboxylic acids is 1. The molecule has 1 aromatic rings. The fourth-order valence-electron chi connectivity index (χ4n) is 1.49. The lowest BCUT2D eigenvalue weighted by molar-refractivity contribution is -0.140. The van der Waals surface area contributed by atoms with E-state index in [2.05, 4.69) is 15.9 Å². The summed E-state index contributed by atoms with van der Waals surface area (Å²) >= 11 is 3.33. The van der Waals surface area contributed by atoms with Gasteiger partial charge in [-0.1, -0.05) is 22.0 Å².